The van der Waals surface area contributed by atoms with Gasteiger partial charge in [0.25, 0.3) is 0 Å². The van der Waals surface area contributed by atoms with Crippen LogP contribution in [0.4, 0.5) is 5.69 Å². The first-order valence-corrected chi connectivity index (χ1v) is 10.8. The van der Waals surface area contributed by atoms with Crippen molar-refractivity contribution in [3.63, 3.8) is 0 Å². The van der Waals surface area contributed by atoms with Crippen LogP contribution in [0, 0.1) is 20.8 Å². The van der Waals surface area contributed by atoms with Gasteiger partial charge in [-0.15, -0.1) is 0 Å². The number of rotatable bonds is 8. The summed E-state index contributed by atoms with van der Waals surface area (Å²) in [7, 11) is 0. The number of hydrogen-bond donors (Lipinski definition) is 2. The second-order valence-electron chi connectivity index (χ2n) is 8.11. The molecule has 0 saturated carbocycles. The zero-order valence-electron chi connectivity index (χ0n) is 19.4. The van der Waals surface area contributed by atoms with Crippen LogP contribution in [0.3, 0.4) is 0 Å². The second kappa shape index (κ2) is 9.77. The Bertz CT molecular complexity index is 1120. The van der Waals surface area contributed by atoms with Gasteiger partial charge in [-0.3, -0.25) is 0 Å². The average Bonchev–Trinajstić information content (AvgIpc) is 2.76. The van der Waals surface area contributed by atoms with Gasteiger partial charge in [0, 0.05) is 0 Å². The zero-order valence-corrected chi connectivity index (χ0v) is 19.4. The average molecular weight is 434 g/mol. The molecule has 168 valence electrons. The van der Waals surface area contributed by atoms with Crippen molar-refractivity contribution >= 4 is 11.7 Å². The molecule has 3 N–H and O–H groups in total. The van der Waals surface area contributed by atoms with Crippen LogP contribution >= 0.6 is 0 Å². The van der Waals surface area contributed by atoms with Gasteiger partial charge in [-0.2, -0.15) is 0 Å². The second-order valence-corrected chi connectivity index (χ2v) is 8.11. The number of benzene rings is 3. The summed E-state index contributed by atoms with van der Waals surface area (Å²) in [5.41, 5.74) is 14.9. The number of carbonyl (C=O) groups is 1. The Balaban J connectivity index is 1.90. The van der Waals surface area contributed by atoms with Gasteiger partial charge in [0.05, 0.1) is 5.69 Å². The smallest absolute Gasteiger partial charge is 0.341 e. The van der Waals surface area contributed by atoms with Crippen LogP contribution in [-0.4, -0.2) is 17.7 Å². The van der Waals surface area contributed by atoms with E-state index >= 15 is 0 Å². The molecule has 1 unspecified atom stereocenters. The highest BCUT2D eigenvalue weighted by Gasteiger charge is 2.18. The third-order valence-corrected chi connectivity index (χ3v) is 5.84. The standard InChI is InChI=1S/C27H31NO4/c1-6-20-8-7-16(2)26(18(20)4)19(5)32-24-14-22(13-17(3)27(24)28)21-9-11-23(12-10-21)31-15-25(29)30/h7-14,19H,6,15,28H2,1-5H3,(H,29,30). The fraction of sp³-hybridized carbons (Fsp3) is 0.296. The predicted molar refractivity (Wildman–Crippen MR) is 128 cm³/mol. The van der Waals surface area contributed by atoms with E-state index in [0.717, 1.165) is 23.1 Å². The van der Waals surface area contributed by atoms with E-state index < -0.39 is 5.97 Å². The Morgan fingerprint density at radius 1 is 1.00 bits per heavy atom. The fourth-order valence-electron chi connectivity index (χ4n) is 4.09. The van der Waals surface area contributed by atoms with Crippen molar-refractivity contribution in [1.82, 2.24) is 0 Å². The maximum atomic E-state index is 10.7. The SMILES string of the molecule is CCc1ccc(C)c(C(C)Oc2cc(-c3ccc(OCC(=O)O)cc3)cc(C)c2N)c1C. The minimum atomic E-state index is -1.01. The van der Waals surface area contributed by atoms with Gasteiger partial charge in [-0.1, -0.05) is 31.2 Å². The lowest BCUT2D eigenvalue weighted by Crippen LogP contribution is -2.10. The van der Waals surface area contributed by atoms with Gasteiger partial charge in [-0.25, -0.2) is 4.79 Å². The number of ether oxygens (including phenoxy) is 2. The number of hydrogen-bond acceptors (Lipinski definition) is 4. The van der Waals surface area contributed by atoms with Crippen molar-refractivity contribution in [3.8, 4) is 22.6 Å². The zero-order chi connectivity index (χ0) is 23.4. The van der Waals surface area contributed by atoms with E-state index in [2.05, 4.69) is 39.8 Å². The molecule has 5 heteroatoms. The molecule has 0 amide bonds. The van der Waals surface area contributed by atoms with E-state index in [1.54, 1.807) is 12.1 Å². The first kappa shape index (κ1) is 23.2. The number of carboxylic acid groups (broad SMARTS) is 1. The van der Waals surface area contributed by atoms with E-state index in [1.165, 1.54) is 22.3 Å². The van der Waals surface area contributed by atoms with Crippen molar-refractivity contribution in [2.75, 3.05) is 12.3 Å². The summed E-state index contributed by atoms with van der Waals surface area (Å²) < 4.78 is 11.6. The molecule has 1 atom stereocenters. The van der Waals surface area contributed by atoms with E-state index in [0.29, 0.717) is 17.2 Å². The van der Waals surface area contributed by atoms with Crippen molar-refractivity contribution in [1.29, 1.82) is 0 Å². The van der Waals surface area contributed by atoms with Gasteiger partial charge in [0.15, 0.2) is 6.61 Å². The highest BCUT2D eigenvalue weighted by molar-refractivity contribution is 5.73. The van der Waals surface area contributed by atoms with Crippen LogP contribution in [0.5, 0.6) is 11.5 Å². The number of aryl methyl sites for hydroxylation is 3. The number of nitrogens with two attached hydrogens (primary N) is 1. The quantitative estimate of drug-likeness (QED) is 0.424. The van der Waals surface area contributed by atoms with Crippen molar-refractivity contribution in [2.45, 2.75) is 47.1 Å². The molecular formula is C27H31NO4. The lowest BCUT2D eigenvalue weighted by molar-refractivity contribution is -0.139. The highest BCUT2D eigenvalue weighted by Crippen LogP contribution is 2.37. The molecule has 0 aromatic heterocycles. The molecule has 0 aliphatic heterocycles. The molecule has 0 aliphatic rings. The van der Waals surface area contributed by atoms with Gasteiger partial charge in [0.2, 0.25) is 0 Å². The maximum absolute atomic E-state index is 10.7. The van der Waals surface area contributed by atoms with Crippen molar-refractivity contribution in [3.05, 3.63) is 76.3 Å². The highest BCUT2D eigenvalue weighted by atomic mass is 16.5. The Labute approximate surface area is 189 Å². The van der Waals surface area contributed by atoms with Crippen LogP contribution < -0.4 is 15.2 Å². The molecule has 0 aliphatic carbocycles. The normalized spacial score (nSPS) is 11.8. The topological polar surface area (TPSA) is 81.8 Å². The molecule has 3 aromatic rings. The Morgan fingerprint density at radius 2 is 1.69 bits per heavy atom. The van der Waals surface area contributed by atoms with Crippen LogP contribution in [0.15, 0.2) is 48.5 Å². The first-order chi connectivity index (χ1) is 15.2. The van der Waals surface area contributed by atoms with Gasteiger partial charge in [-0.05, 0) is 97.3 Å². The van der Waals surface area contributed by atoms with Crippen molar-refractivity contribution < 1.29 is 19.4 Å². The molecule has 5 nitrogen and oxygen atoms in total. The van der Waals surface area contributed by atoms with Crippen LogP contribution in [-0.2, 0) is 11.2 Å². The third kappa shape index (κ3) is 5.05. The Morgan fingerprint density at radius 3 is 2.31 bits per heavy atom. The summed E-state index contributed by atoms with van der Waals surface area (Å²) in [6.07, 6.45) is 0.833. The lowest BCUT2D eigenvalue weighted by atomic mass is 9.93. The van der Waals surface area contributed by atoms with Crippen LogP contribution in [0.2, 0.25) is 0 Å². The Kier molecular flexibility index (Phi) is 7.08. The van der Waals surface area contributed by atoms with Crippen molar-refractivity contribution in [2.24, 2.45) is 0 Å². The van der Waals surface area contributed by atoms with E-state index in [-0.39, 0.29) is 12.7 Å². The fourth-order valence-corrected chi connectivity index (χ4v) is 4.09. The monoisotopic (exact) mass is 433 g/mol. The molecule has 3 aromatic carbocycles. The molecule has 3 rings (SSSR count). The van der Waals surface area contributed by atoms with Gasteiger partial charge in [0.1, 0.15) is 17.6 Å². The molecule has 0 saturated heterocycles. The molecule has 0 radical (unpaired) electrons. The predicted octanol–water partition coefficient (Wildman–Crippen LogP) is 6.03. The molecule has 0 heterocycles. The van der Waals surface area contributed by atoms with E-state index in [9.17, 15) is 4.79 Å². The van der Waals surface area contributed by atoms with Crippen LogP contribution in [0.25, 0.3) is 11.1 Å². The Hall–Kier alpha value is -3.47. The number of nitrogen functional groups attached to an aromatic ring is 1. The van der Waals surface area contributed by atoms with E-state index in [4.69, 9.17) is 20.3 Å². The number of anilines is 1. The summed E-state index contributed by atoms with van der Waals surface area (Å²) in [6, 6.07) is 15.6. The minimum Gasteiger partial charge on any atom is -0.484 e. The molecule has 0 spiro atoms. The summed E-state index contributed by atoms with van der Waals surface area (Å²) in [5, 5.41) is 8.76. The first-order valence-electron chi connectivity index (χ1n) is 10.8. The minimum absolute atomic E-state index is 0.148. The van der Waals surface area contributed by atoms with E-state index in [1.807, 2.05) is 31.2 Å². The summed E-state index contributed by atoms with van der Waals surface area (Å²) in [4.78, 5) is 10.7. The lowest BCUT2D eigenvalue weighted by Gasteiger charge is -2.23. The third-order valence-electron chi connectivity index (χ3n) is 5.84. The molecule has 32 heavy (non-hydrogen) atoms. The van der Waals surface area contributed by atoms with Gasteiger partial charge >= 0.3 is 5.97 Å². The molecule has 0 bridgehead atoms. The molecular weight excluding hydrogens is 402 g/mol. The number of carboxylic acids is 1. The summed E-state index contributed by atoms with van der Waals surface area (Å²) in [6.45, 7) is 10.1. The van der Waals surface area contributed by atoms with Gasteiger partial charge < -0.3 is 20.3 Å². The van der Waals surface area contributed by atoms with Crippen LogP contribution in [0.1, 0.15) is 47.8 Å². The molecule has 0 fully saturated rings. The largest absolute Gasteiger partial charge is 0.484 e. The number of aliphatic carboxylic acids is 1. The summed E-state index contributed by atoms with van der Waals surface area (Å²) in [5.74, 6) is 0.156. The maximum Gasteiger partial charge on any atom is 0.341 e. The summed E-state index contributed by atoms with van der Waals surface area (Å²) >= 11 is 0.